The number of fused-ring (bicyclic) bond motifs is 1. The van der Waals surface area contributed by atoms with Crippen LogP contribution in [0.5, 0.6) is 40.2 Å². The smallest absolute Gasteiger partial charge is 0.345 e. The molecule has 0 heterocycles. The van der Waals surface area contributed by atoms with Crippen molar-refractivity contribution >= 4 is 28.3 Å². The molecule has 0 aliphatic carbocycles. The van der Waals surface area contributed by atoms with Crippen molar-refractivity contribution in [3.63, 3.8) is 0 Å². The number of esters is 1. The van der Waals surface area contributed by atoms with E-state index >= 15 is 0 Å². The third kappa shape index (κ3) is 7.68. The molecule has 5 aromatic rings. The Morgan fingerprint density at radius 1 is 0.700 bits per heavy atom. The first-order valence-electron chi connectivity index (χ1n) is 15.9. The van der Waals surface area contributed by atoms with E-state index in [1.807, 2.05) is 6.92 Å². The first kappa shape index (κ1) is 35.0. The van der Waals surface area contributed by atoms with Crippen molar-refractivity contribution < 1.29 is 55.2 Å². The van der Waals surface area contributed by atoms with Gasteiger partial charge < -0.3 is 45.6 Å². The average molecular weight is 681 g/mol. The van der Waals surface area contributed by atoms with Gasteiger partial charge >= 0.3 is 11.9 Å². The number of ether oxygens (including phenoxy) is 1. The van der Waals surface area contributed by atoms with Crippen LogP contribution in [0, 0.1) is 0 Å². The number of hydrogen-bond donors (Lipinski definition) is 8. The van der Waals surface area contributed by atoms with Gasteiger partial charge in [0, 0.05) is 17.9 Å². The van der Waals surface area contributed by atoms with Crippen molar-refractivity contribution in [3.05, 3.63) is 96.1 Å². The molecule has 5 rings (SSSR count). The Morgan fingerprint density at radius 3 is 2.02 bits per heavy atom. The molecule has 0 aromatic heterocycles. The molecule has 0 aliphatic rings. The van der Waals surface area contributed by atoms with Crippen LogP contribution in [0.4, 0.5) is 0 Å². The fourth-order valence-electron chi connectivity index (χ4n) is 5.81. The van der Waals surface area contributed by atoms with E-state index < -0.39 is 41.0 Å². The minimum Gasteiger partial charge on any atom is -0.508 e. The quantitative estimate of drug-likeness (QED) is 0.0284. The van der Waals surface area contributed by atoms with Crippen molar-refractivity contribution in [1.82, 2.24) is 0 Å². The Hall–Kier alpha value is -6.36. The second-order valence-corrected chi connectivity index (χ2v) is 11.9. The molecule has 0 amide bonds. The van der Waals surface area contributed by atoms with Gasteiger partial charge in [-0.1, -0.05) is 44.0 Å². The molecule has 0 spiro atoms. The highest BCUT2D eigenvalue weighted by atomic mass is 16.6. The molecule has 8 N–H and O–H groups in total. The molecule has 0 saturated carbocycles. The minimum absolute atomic E-state index is 0.0118. The predicted molar refractivity (Wildman–Crippen MR) is 186 cm³/mol. The van der Waals surface area contributed by atoms with E-state index in [0.29, 0.717) is 57.2 Å². The lowest BCUT2D eigenvalue weighted by atomic mass is 9.89. The van der Waals surface area contributed by atoms with Crippen LogP contribution in [-0.4, -0.2) is 58.9 Å². The molecule has 0 aliphatic heterocycles. The van der Waals surface area contributed by atoms with E-state index in [-0.39, 0.29) is 29.1 Å². The van der Waals surface area contributed by atoms with Gasteiger partial charge in [-0.2, -0.15) is 0 Å². The van der Waals surface area contributed by atoms with Gasteiger partial charge in [0.15, 0.2) is 34.5 Å². The van der Waals surface area contributed by atoms with Crippen molar-refractivity contribution in [1.29, 1.82) is 0 Å². The standard InChI is InChI=1S/C39H36O11/c1-2-3-4-6-23(17-37(46)50-36(39(48)49)14-21-9-12-31(41)32(42)13-21)29-20-35(45)38(47)26-11-10-24(16-30(26)29)28-19-34(44)33(43)18-27(28)22-7-5-8-25(40)15-22/h5,7-13,15-20,36,40-45,47H,2-4,6,14H2,1H3,(H,48,49)/b23-17+/t36-/m1/s1. The van der Waals surface area contributed by atoms with Crippen LogP contribution < -0.4 is 0 Å². The van der Waals surface area contributed by atoms with Crippen LogP contribution >= 0.6 is 0 Å². The minimum atomic E-state index is -1.63. The number of allylic oxidation sites excluding steroid dienone is 1. The number of aliphatic carboxylic acids is 1. The van der Waals surface area contributed by atoms with Gasteiger partial charge in [-0.15, -0.1) is 0 Å². The fourth-order valence-corrected chi connectivity index (χ4v) is 5.81. The Morgan fingerprint density at radius 2 is 1.38 bits per heavy atom. The lowest BCUT2D eigenvalue weighted by Crippen LogP contribution is -2.28. The number of aromatic hydroxyl groups is 7. The number of phenols is 7. The summed E-state index contributed by atoms with van der Waals surface area (Å²) in [6.45, 7) is 2.00. The molecule has 11 nitrogen and oxygen atoms in total. The molecular weight excluding hydrogens is 644 g/mol. The molecule has 0 bridgehead atoms. The number of carboxylic acids is 1. The molecule has 258 valence electrons. The third-order valence-corrected chi connectivity index (χ3v) is 8.35. The summed E-state index contributed by atoms with van der Waals surface area (Å²) < 4.78 is 5.36. The van der Waals surface area contributed by atoms with Crippen LogP contribution in [0.15, 0.2) is 84.9 Å². The van der Waals surface area contributed by atoms with Crippen LogP contribution in [0.25, 0.3) is 38.6 Å². The van der Waals surface area contributed by atoms with Gasteiger partial charge in [-0.3, -0.25) is 0 Å². The third-order valence-electron chi connectivity index (χ3n) is 8.35. The number of benzene rings is 5. The van der Waals surface area contributed by atoms with Crippen molar-refractivity contribution in [2.75, 3.05) is 0 Å². The lowest BCUT2D eigenvalue weighted by Gasteiger charge is -2.17. The van der Waals surface area contributed by atoms with Gasteiger partial charge in [0.2, 0.25) is 6.10 Å². The molecule has 1 atom stereocenters. The van der Waals surface area contributed by atoms with Crippen LogP contribution in [0.2, 0.25) is 0 Å². The maximum Gasteiger partial charge on any atom is 0.345 e. The molecule has 0 fully saturated rings. The highest BCUT2D eigenvalue weighted by molar-refractivity contribution is 6.05. The summed E-state index contributed by atoms with van der Waals surface area (Å²) in [6, 6.07) is 19.1. The lowest BCUT2D eigenvalue weighted by molar-refractivity contribution is -0.160. The van der Waals surface area contributed by atoms with Gasteiger partial charge in [-0.05, 0) is 112 Å². The van der Waals surface area contributed by atoms with Gasteiger partial charge in [0.25, 0.3) is 0 Å². The zero-order valence-corrected chi connectivity index (χ0v) is 27.0. The molecular formula is C39H36O11. The van der Waals surface area contributed by atoms with Crippen LogP contribution in [-0.2, 0) is 20.7 Å². The average Bonchev–Trinajstić information content (AvgIpc) is 3.08. The van der Waals surface area contributed by atoms with Crippen molar-refractivity contribution in [2.24, 2.45) is 0 Å². The summed E-state index contributed by atoms with van der Waals surface area (Å²) in [7, 11) is 0. The van der Waals surface area contributed by atoms with E-state index in [0.717, 1.165) is 18.9 Å². The fraction of sp³-hybridized carbons (Fsp3) is 0.179. The Balaban J connectivity index is 1.62. The Kier molecular flexibility index (Phi) is 10.4. The summed E-state index contributed by atoms with van der Waals surface area (Å²) in [6.07, 6.45) is 1.83. The predicted octanol–water partition coefficient (Wildman–Crippen LogP) is 7.32. The SMILES string of the molecule is CCCCC/C(=C\C(=O)O[C@H](Cc1ccc(O)c(O)c1)C(=O)O)c1cc(O)c(O)c2ccc(-c3cc(O)c(O)cc3-c3cccc(O)c3)cc12. The number of carbonyl (C=O) groups is 2. The number of carbonyl (C=O) groups excluding carboxylic acids is 1. The second kappa shape index (κ2) is 14.8. The van der Waals surface area contributed by atoms with Crippen molar-refractivity contribution in [2.45, 2.75) is 45.1 Å². The number of carboxylic acid groups (broad SMARTS) is 1. The molecule has 0 unspecified atom stereocenters. The monoisotopic (exact) mass is 680 g/mol. The number of hydrogen-bond acceptors (Lipinski definition) is 10. The maximum atomic E-state index is 13.3. The van der Waals surface area contributed by atoms with Crippen LogP contribution in [0.1, 0.15) is 43.7 Å². The van der Waals surface area contributed by atoms with E-state index in [9.17, 15) is 50.4 Å². The van der Waals surface area contributed by atoms with E-state index in [4.69, 9.17) is 4.74 Å². The van der Waals surface area contributed by atoms with E-state index in [2.05, 4.69) is 0 Å². The molecule has 0 radical (unpaired) electrons. The summed E-state index contributed by atoms with van der Waals surface area (Å²) in [5, 5.41) is 82.5. The molecule has 5 aromatic carbocycles. The van der Waals surface area contributed by atoms with Gasteiger partial charge in [0.05, 0.1) is 0 Å². The zero-order valence-electron chi connectivity index (χ0n) is 27.0. The second-order valence-electron chi connectivity index (χ2n) is 11.9. The first-order chi connectivity index (χ1) is 23.9. The Labute approximate surface area is 286 Å². The van der Waals surface area contributed by atoms with Gasteiger partial charge in [0.1, 0.15) is 5.75 Å². The van der Waals surface area contributed by atoms with Crippen LogP contribution in [0.3, 0.4) is 0 Å². The van der Waals surface area contributed by atoms with Gasteiger partial charge in [-0.25, -0.2) is 9.59 Å². The first-order valence-corrected chi connectivity index (χ1v) is 15.9. The maximum absolute atomic E-state index is 13.3. The summed E-state index contributed by atoms with van der Waals surface area (Å²) in [4.78, 5) is 25.4. The topological polar surface area (TPSA) is 205 Å². The molecule has 11 heteroatoms. The number of rotatable bonds is 12. The largest absolute Gasteiger partial charge is 0.508 e. The number of phenolic OH excluding ortho intramolecular Hbond substituents is 7. The van der Waals surface area contributed by atoms with Crippen molar-refractivity contribution in [3.8, 4) is 62.5 Å². The normalized spacial score (nSPS) is 12.1. The summed E-state index contributed by atoms with van der Waals surface area (Å²) >= 11 is 0. The Bertz CT molecular complexity index is 2120. The highest BCUT2D eigenvalue weighted by Gasteiger charge is 2.24. The summed E-state index contributed by atoms with van der Waals surface area (Å²) in [5.74, 6) is -4.88. The summed E-state index contributed by atoms with van der Waals surface area (Å²) in [5.41, 5.74) is 3.07. The molecule has 0 saturated heterocycles. The highest BCUT2D eigenvalue weighted by Crippen LogP contribution is 2.45. The van der Waals surface area contributed by atoms with E-state index in [1.54, 1.807) is 30.3 Å². The van der Waals surface area contributed by atoms with E-state index in [1.165, 1.54) is 48.5 Å². The zero-order chi connectivity index (χ0) is 36.1. The number of unbranched alkanes of at least 4 members (excludes halogenated alkanes) is 2. The molecule has 50 heavy (non-hydrogen) atoms.